The van der Waals surface area contributed by atoms with Crippen molar-refractivity contribution in [1.29, 1.82) is 0 Å². The van der Waals surface area contributed by atoms with E-state index in [0.717, 1.165) is 12.1 Å². The van der Waals surface area contributed by atoms with Crippen LogP contribution in [0.5, 0.6) is 0 Å². The van der Waals surface area contributed by atoms with E-state index >= 15 is 0 Å². The minimum Gasteiger partial charge on any atom is -0.295 e. The van der Waals surface area contributed by atoms with Gasteiger partial charge < -0.3 is 0 Å². The Bertz CT molecular complexity index is 1350. The number of aryl methyl sites for hydroxylation is 1. The highest BCUT2D eigenvalue weighted by Crippen LogP contribution is 2.25. The van der Waals surface area contributed by atoms with Crippen molar-refractivity contribution in [2.75, 3.05) is 0 Å². The van der Waals surface area contributed by atoms with Gasteiger partial charge in [0, 0.05) is 22.7 Å². The highest BCUT2D eigenvalue weighted by Gasteiger charge is 2.21. The maximum Gasteiger partial charge on any atom is 0.191 e. The third-order valence-electron chi connectivity index (χ3n) is 4.63. The molecular weight excluding hydrogens is 413 g/mol. The Morgan fingerprint density at radius 3 is 2.37 bits per heavy atom. The molecule has 4 rings (SSSR count). The highest BCUT2D eigenvalue weighted by atomic mass is 32.2. The molecule has 0 spiro atoms. The summed E-state index contributed by atoms with van der Waals surface area (Å²) < 4.78 is 57.0. The molecule has 2 aromatic heterocycles. The Kier molecular flexibility index (Phi) is 5.26. The minimum absolute atomic E-state index is 0.0474. The number of halogens is 3. The van der Waals surface area contributed by atoms with E-state index in [-0.39, 0.29) is 21.7 Å². The Morgan fingerprint density at radius 1 is 0.967 bits per heavy atom. The summed E-state index contributed by atoms with van der Waals surface area (Å²) in [6.07, 6.45) is 0.332. The van der Waals surface area contributed by atoms with Gasteiger partial charge in [-0.25, -0.2) is 22.4 Å². The van der Waals surface area contributed by atoms with Crippen LogP contribution in [0.15, 0.2) is 75.4 Å². The van der Waals surface area contributed by atoms with E-state index in [9.17, 15) is 22.2 Å². The Hall–Kier alpha value is -3.26. The molecule has 4 aromatic rings. The topological polar surface area (TPSA) is 52.0 Å². The standard InChI is InChI=1S/C22H15F3N2O2S/c1-2-14-11-20(28)16-12-18(25)22(30(29)15-6-4-3-5-7-15)26-21(16)27(14)19-9-8-13(23)10-17(19)24/h3-12H,2H2,1H3. The average molecular weight is 428 g/mol. The Morgan fingerprint density at radius 2 is 1.70 bits per heavy atom. The van der Waals surface area contributed by atoms with Gasteiger partial charge in [-0.05, 0) is 36.8 Å². The first-order valence-electron chi connectivity index (χ1n) is 9.08. The molecule has 0 fully saturated rings. The first-order chi connectivity index (χ1) is 14.4. The number of pyridine rings is 2. The maximum atomic E-state index is 14.8. The van der Waals surface area contributed by atoms with Crippen LogP contribution < -0.4 is 5.43 Å². The SMILES string of the molecule is CCc1cc(=O)c2cc(F)c(S(=O)c3ccccc3)nc2n1-c1ccc(F)cc1F. The van der Waals surface area contributed by atoms with Crippen LogP contribution in [0.25, 0.3) is 16.7 Å². The van der Waals surface area contributed by atoms with Crippen LogP contribution >= 0.6 is 0 Å². The van der Waals surface area contributed by atoms with Crippen LogP contribution in [-0.2, 0) is 17.2 Å². The van der Waals surface area contributed by atoms with E-state index < -0.39 is 33.7 Å². The number of aromatic nitrogens is 2. The van der Waals surface area contributed by atoms with Gasteiger partial charge in [0.25, 0.3) is 0 Å². The molecule has 1 unspecified atom stereocenters. The lowest BCUT2D eigenvalue weighted by atomic mass is 10.2. The molecule has 0 saturated heterocycles. The van der Waals surface area contributed by atoms with Crippen LogP contribution in [-0.4, -0.2) is 13.8 Å². The Balaban J connectivity index is 2.07. The normalized spacial score (nSPS) is 12.3. The highest BCUT2D eigenvalue weighted by molar-refractivity contribution is 7.85. The van der Waals surface area contributed by atoms with E-state index in [1.165, 1.54) is 16.7 Å². The molecule has 0 N–H and O–H groups in total. The van der Waals surface area contributed by atoms with Gasteiger partial charge in [0.15, 0.2) is 16.3 Å². The van der Waals surface area contributed by atoms with E-state index in [1.807, 2.05) is 0 Å². The molecule has 0 amide bonds. The van der Waals surface area contributed by atoms with Crippen molar-refractivity contribution in [2.45, 2.75) is 23.3 Å². The van der Waals surface area contributed by atoms with Crippen molar-refractivity contribution in [3.05, 3.63) is 94.0 Å². The molecule has 2 aromatic carbocycles. The van der Waals surface area contributed by atoms with Crippen molar-refractivity contribution < 1.29 is 17.4 Å². The summed E-state index contributed by atoms with van der Waals surface area (Å²) in [6, 6.07) is 13.4. The van der Waals surface area contributed by atoms with Crippen molar-refractivity contribution in [3.8, 4) is 5.69 Å². The van der Waals surface area contributed by atoms with Gasteiger partial charge in [-0.3, -0.25) is 9.36 Å². The maximum absolute atomic E-state index is 14.8. The van der Waals surface area contributed by atoms with E-state index in [1.54, 1.807) is 37.3 Å². The Labute approximate surface area is 172 Å². The summed E-state index contributed by atoms with van der Waals surface area (Å²) in [4.78, 5) is 17.1. The molecule has 0 radical (unpaired) electrons. The van der Waals surface area contributed by atoms with Crippen LogP contribution in [0.2, 0.25) is 0 Å². The van der Waals surface area contributed by atoms with Crippen molar-refractivity contribution in [1.82, 2.24) is 9.55 Å². The van der Waals surface area contributed by atoms with Gasteiger partial charge in [-0.15, -0.1) is 0 Å². The van der Waals surface area contributed by atoms with Gasteiger partial charge in [0.2, 0.25) is 0 Å². The predicted molar refractivity (Wildman–Crippen MR) is 108 cm³/mol. The molecule has 2 heterocycles. The van der Waals surface area contributed by atoms with Crippen LogP contribution in [0.3, 0.4) is 0 Å². The van der Waals surface area contributed by atoms with E-state index in [0.29, 0.717) is 23.1 Å². The molecular formula is C22H15F3N2O2S. The smallest absolute Gasteiger partial charge is 0.191 e. The largest absolute Gasteiger partial charge is 0.295 e. The lowest BCUT2D eigenvalue weighted by molar-refractivity contribution is 0.575. The van der Waals surface area contributed by atoms with Crippen molar-refractivity contribution >= 4 is 21.8 Å². The minimum atomic E-state index is -1.96. The van der Waals surface area contributed by atoms with Gasteiger partial charge in [0.1, 0.15) is 28.1 Å². The second-order valence-corrected chi connectivity index (χ2v) is 7.91. The van der Waals surface area contributed by atoms with Crippen molar-refractivity contribution in [2.24, 2.45) is 0 Å². The zero-order valence-corrected chi connectivity index (χ0v) is 16.6. The second kappa shape index (κ2) is 7.87. The van der Waals surface area contributed by atoms with Gasteiger partial charge in [-0.1, -0.05) is 25.1 Å². The lowest BCUT2D eigenvalue weighted by Crippen LogP contribution is -2.16. The number of rotatable bonds is 4. The molecule has 0 saturated carbocycles. The number of benzene rings is 2. The lowest BCUT2D eigenvalue weighted by Gasteiger charge is -2.17. The van der Waals surface area contributed by atoms with Gasteiger partial charge in [0.05, 0.1) is 11.1 Å². The number of fused-ring (bicyclic) bond motifs is 1. The van der Waals surface area contributed by atoms with Crippen LogP contribution in [0.4, 0.5) is 13.2 Å². The molecule has 0 aliphatic rings. The molecule has 30 heavy (non-hydrogen) atoms. The molecule has 8 heteroatoms. The average Bonchev–Trinajstić information content (AvgIpc) is 2.74. The van der Waals surface area contributed by atoms with Gasteiger partial charge >= 0.3 is 0 Å². The predicted octanol–water partition coefficient (Wildman–Crippen LogP) is 4.53. The molecule has 1 atom stereocenters. The first kappa shape index (κ1) is 20.0. The summed E-state index contributed by atoms with van der Waals surface area (Å²) in [6.45, 7) is 1.76. The summed E-state index contributed by atoms with van der Waals surface area (Å²) in [7, 11) is -1.96. The van der Waals surface area contributed by atoms with Crippen molar-refractivity contribution in [3.63, 3.8) is 0 Å². The summed E-state index contributed by atoms with van der Waals surface area (Å²) in [5.74, 6) is -2.53. The molecule has 152 valence electrons. The van der Waals surface area contributed by atoms with Crippen LogP contribution in [0.1, 0.15) is 12.6 Å². The van der Waals surface area contributed by atoms with E-state index in [2.05, 4.69) is 4.98 Å². The zero-order valence-electron chi connectivity index (χ0n) is 15.7. The fourth-order valence-corrected chi connectivity index (χ4v) is 4.25. The summed E-state index contributed by atoms with van der Waals surface area (Å²) in [5.41, 5.74) is -0.197. The molecule has 4 nitrogen and oxygen atoms in total. The van der Waals surface area contributed by atoms with Gasteiger partial charge in [-0.2, -0.15) is 0 Å². The fraction of sp³-hybridized carbons (Fsp3) is 0.0909. The number of hydrogen-bond donors (Lipinski definition) is 0. The molecule has 0 aliphatic heterocycles. The number of nitrogens with zero attached hydrogens (tertiary/aromatic N) is 2. The molecule has 0 aliphatic carbocycles. The zero-order chi connectivity index (χ0) is 21.4. The molecule has 0 bridgehead atoms. The third-order valence-corrected chi connectivity index (χ3v) is 5.97. The third kappa shape index (κ3) is 3.43. The van der Waals surface area contributed by atoms with Crippen LogP contribution in [0, 0.1) is 17.5 Å². The summed E-state index contributed by atoms with van der Waals surface area (Å²) >= 11 is 0. The quantitative estimate of drug-likeness (QED) is 0.480. The summed E-state index contributed by atoms with van der Waals surface area (Å²) in [5, 5.41) is -0.472. The number of hydrogen-bond acceptors (Lipinski definition) is 3. The fourth-order valence-electron chi connectivity index (χ4n) is 3.22. The second-order valence-electron chi connectivity index (χ2n) is 6.51. The van der Waals surface area contributed by atoms with E-state index in [4.69, 9.17) is 0 Å². The monoisotopic (exact) mass is 428 g/mol. The first-order valence-corrected chi connectivity index (χ1v) is 10.2.